The highest BCUT2D eigenvalue weighted by atomic mass is 16.6. The number of carbonyl (C=O) groups excluding carboxylic acids is 1. The van der Waals surface area contributed by atoms with Crippen molar-refractivity contribution in [2.45, 2.75) is 19.1 Å². The number of hydrogen-bond acceptors (Lipinski definition) is 6. The number of hydrogen-bond donors (Lipinski definition) is 0. The molecule has 1 fully saturated rings. The van der Waals surface area contributed by atoms with Gasteiger partial charge in [-0.2, -0.15) is 0 Å². The van der Waals surface area contributed by atoms with Crippen molar-refractivity contribution in [2.75, 3.05) is 20.2 Å². The molecule has 0 N–H and O–H groups in total. The molecule has 2 aromatic carbocycles. The van der Waals surface area contributed by atoms with Crippen molar-refractivity contribution < 1.29 is 19.2 Å². The van der Waals surface area contributed by atoms with E-state index in [4.69, 9.17) is 4.74 Å². The molecular formula is C19H20N2O5. The summed E-state index contributed by atoms with van der Waals surface area (Å²) in [5.74, 6) is -0.452. The zero-order chi connectivity index (χ0) is 18.5. The number of nitro groups is 1. The lowest BCUT2D eigenvalue weighted by Crippen LogP contribution is -2.24. The largest absolute Gasteiger partial charge is 0.482 e. The van der Waals surface area contributed by atoms with Gasteiger partial charge in [0.05, 0.1) is 17.6 Å². The smallest absolute Gasteiger partial charge is 0.337 e. The third-order valence-corrected chi connectivity index (χ3v) is 4.35. The Morgan fingerprint density at radius 3 is 2.73 bits per heavy atom. The molecule has 1 aliphatic rings. The Balaban J connectivity index is 1.70. The quantitative estimate of drug-likeness (QED) is 0.449. The van der Waals surface area contributed by atoms with Gasteiger partial charge in [-0.3, -0.25) is 15.0 Å². The van der Waals surface area contributed by atoms with Gasteiger partial charge in [-0.05, 0) is 18.1 Å². The van der Waals surface area contributed by atoms with Gasteiger partial charge in [0.25, 0.3) is 0 Å². The summed E-state index contributed by atoms with van der Waals surface area (Å²) in [6, 6.07) is 14.1. The third-order valence-electron chi connectivity index (χ3n) is 4.35. The predicted octanol–water partition coefficient (Wildman–Crippen LogP) is 3.03. The lowest BCUT2D eigenvalue weighted by Gasteiger charge is -2.17. The number of ether oxygens (including phenoxy) is 2. The van der Waals surface area contributed by atoms with E-state index >= 15 is 0 Å². The Morgan fingerprint density at radius 1 is 1.27 bits per heavy atom. The molecule has 0 aromatic heterocycles. The maximum Gasteiger partial charge on any atom is 0.337 e. The molecule has 1 heterocycles. The number of methoxy groups -OCH3 is 1. The number of carbonyl (C=O) groups is 1. The summed E-state index contributed by atoms with van der Waals surface area (Å²) in [6.07, 6.45) is 0.609. The van der Waals surface area contributed by atoms with Crippen LogP contribution in [-0.2, 0) is 11.3 Å². The molecule has 7 heteroatoms. The summed E-state index contributed by atoms with van der Waals surface area (Å²) < 4.78 is 10.6. The van der Waals surface area contributed by atoms with E-state index < -0.39 is 10.9 Å². The summed E-state index contributed by atoms with van der Waals surface area (Å²) in [4.78, 5) is 24.7. The number of rotatable bonds is 6. The van der Waals surface area contributed by atoms with Crippen LogP contribution in [0.2, 0.25) is 0 Å². The summed E-state index contributed by atoms with van der Waals surface area (Å²) in [5.41, 5.74) is 1.29. The highest BCUT2D eigenvalue weighted by Gasteiger charge is 2.27. The first-order chi connectivity index (χ1) is 12.6. The van der Waals surface area contributed by atoms with Gasteiger partial charge in [-0.25, -0.2) is 4.79 Å². The monoisotopic (exact) mass is 356 g/mol. The average Bonchev–Trinajstić information content (AvgIpc) is 3.08. The number of nitrogens with zero attached hydrogens (tertiary/aromatic N) is 2. The van der Waals surface area contributed by atoms with Gasteiger partial charge in [0, 0.05) is 31.8 Å². The van der Waals surface area contributed by atoms with Crippen molar-refractivity contribution in [3.63, 3.8) is 0 Å². The molecular weight excluding hydrogens is 336 g/mol. The van der Waals surface area contributed by atoms with E-state index in [1.54, 1.807) is 0 Å². The summed E-state index contributed by atoms with van der Waals surface area (Å²) in [5, 5.41) is 11.3. The second-order valence-corrected chi connectivity index (χ2v) is 6.18. The van der Waals surface area contributed by atoms with Crippen molar-refractivity contribution in [1.29, 1.82) is 0 Å². The van der Waals surface area contributed by atoms with Crippen LogP contribution < -0.4 is 4.74 Å². The minimum Gasteiger partial charge on any atom is -0.482 e. The van der Waals surface area contributed by atoms with Crippen molar-refractivity contribution in [3.8, 4) is 5.75 Å². The normalized spacial score (nSPS) is 17.0. The van der Waals surface area contributed by atoms with Gasteiger partial charge >= 0.3 is 11.7 Å². The molecule has 0 amide bonds. The second-order valence-electron chi connectivity index (χ2n) is 6.18. The number of esters is 1. The molecule has 7 nitrogen and oxygen atoms in total. The highest BCUT2D eigenvalue weighted by molar-refractivity contribution is 5.90. The van der Waals surface area contributed by atoms with Crippen LogP contribution in [0, 0.1) is 10.1 Å². The molecule has 136 valence electrons. The summed E-state index contributed by atoms with van der Waals surface area (Å²) in [7, 11) is 1.27. The lowest BCUT2D eigenvalue weighted by atomic mass is 10.2. The molecule has 26 heavy (non-hydrogen) atoms. The highest BCUT2D eigenvalue weighted by Crippen LogP contribution is 2.31. The van der Waals surface area contributed by atoms with Crippen LogP contribution in [0.3, 0.4) is 0 Å². The fourth-order valence-electron chi connectivity index (χ4n) is 3.06. The van der Waals surface area contributed by atoms with E-state index in [0.717, 1.165) is 19.5 Å². The first-order valence-electron chi connectivity index (χ1n) is 8.36. The maximum atomic E-state index is 11.7. The fraction of sp³-hybridized carbons (Fsp3) is 0.316. The second kappa shape index (κ2) is 7.97. The van der Waals surface area contributed by atoms with Crippen LogP contribution in [0.25, 0.3) is 0 Å². The van der Waals surface area contributed by atoms with Gasteiger partial charge < -0.3 is 9.47 Å². The first-order valence-corrected chi connectivity index (χ1v) is 8.36. The molecule has 3 rings (SSSR count). The van der Waals surface area contributed by atoms with Crippen LogP contribution in [0.1, 0.15) is 22.3 Å². The van der Waals surface area contributed by atoms with E-state index in [-0.39, 0.29) is 23.1 Å². The first kappa shape index (κ1) is 17.9. The van der Waals surface area contributed by atoms with Crippen LogP contribution >= 0.6 is 0 Å². The minimum atomic E-state index is -0.554. The van der Waals surface area contributed by atoms with Crippen LogP contribution in [0.15, 0.2) is 48.5 Å². The molecule has 1 saturated heterocycles. The Bertz CT molecular complexity index is 794. The molecule has 0 bridgehead atoms. The predicted molar refractivity (Wildman–Crippen MR) is 95.2 cm³/mol. The lowest BCUT2D eigenvalue weighted by molar-refractivity contribution is -0.386. The topological polar surface area (TPSA) is 81.9 Å². The number of likely N-dealkylation sites (tertiary alicyclic amines) is 1. The molecule has 0 aliphatic carbocycles. The van der Waals surface area contributed by atoms with Gasteiger partial charge in [-0.15, -0.1) is 0 Å². The van der Waals surface area contributed by atoms with E-state index in [9.17, 15) is 14.9 Å². The van der Waals surface area contributed by atoms with E-state index in [1.165, 1.54) is 30.9 Å². The van der Waals surface area contributed by atoms with Crippen molar-refractivity contribution in [2.24, 2.45) is 0 Å². The molecule has 0 radical (unpaired) electrons. The summed E-state index contributed by atoms with van der Waals surface area (Å²) >= 11 is 0. The third kappa shape index (κ3) is 4.18. The van der Waals surface area contributed by atoms with Crippen LogP contribution in [0.4, 0.5) is 5.69 Å². The molecule has 0 spiro atoms. The molecule has 1 unspecified atom stereocenters. The van der Waals surface area contributed by atoms with Crippen molar-refractivity contribution in [3.05, 3.63) is 69.8 Å². The van der Waals surface area contributed by atoms with Gasteiger partial charge in [0.2, 0.25) is 0 Å². The molecule has 1 atom stereocenters. The number of nitro benzene ring substituents is 1. The Hall–Kier alpha value is -2.93. The number of benzene rings is 2. The minimum absolute atomic E-state index is 0.101. The SMILES string of the molecule is COC(=O)c1ccc([N+](=O)[O-])c(OC2CCN(Cc3ccccc3)C2)c1. The van der Waals surface area contributed by atoms with E-state index in [1.807, 2.05) is 18.2 Å². The fourth-order valence-corrected chi connectivity index (χ4v) is 3.06. The molecule has 1 aliphatic heterocycles. The Kier molecular flexibility index (Phi) is 5.48. The van der Waals surface area contributed by atoms with E-state index in [0.29, 0.717) is 6.54 Å². The van der Waals surface area contributed by atoms with Crippen LogP contribution in [-0.4, -0.2) is 42.1 Å². The average molecular weight is 356 g/mol. The summed E-state index contributed by atoms with van der Waals surface area (Å²) in [6.45, 7) is 2.34. The Labute approximate surface area is 151 Å². The Morgan fingerprint density at radius 2 is 2.04 bits per heavy atom. The molecule has 2 aromatic rings. The zero-order valence-corrected chi connectivity index (χ0v) is 14.5. The maximum absolute atomic E-state index is 11.7. The zero-order valence-electron chi connectivity index (χ0n) is 14.5. The standard InChI is InChI=1S/C19H20N2O5/c1-25-19(22)15-7-8-17(21(23)24)18(11-15)26-16-9-10-20(13-16)12-14-5-3-2-4-6-14/h2-8,11,16H,9-10,12-13H2,1H3. The van der Waals surface area contributed by atoms with Crippen LogP contribution in [0.5, 0.6) is 5.75 Å². The van der Waals surface area contributed by atoms with E-state index in [2.05, 4.69) is 21.8 Å². The van der Waals surface area contributed by atoms with Gasteiger partial charge in [0.1, 0.15) is 6.10 Å². The van der Waals surface area contributed by atoms with Gasteiger partial charge in [0.15, 0.2) is 5.75 Å². The molecule has 0 saturated carbocycles. The van der Waals surface area contributed by atoms with Crippen molar-refractivity contribution >= 4 is 11.7 Å². The van der Waals surface area contributed by atoms with Gasteiger partial charge in [-0.1, -0.05) is 30.3 Å². The van der Waals surface area contributed by atoms with Crippen molar-refractivity contribution in [1.82, 2.24) is 4.90 Å².